The third-order valence-electron chi connectivity index (χ3n) is 6.26. The van der Waals surface area contributed by atoms with Crippen LogP contribution in [0.2, 0.25) is 0 Å². The monoisotopic (exact) mass is 432 g/mol. The van der Waals surface area contributed by atoms with Crippen molar-refractivity contribution in [3.8, 4) is 0 Å². The zero-order valence-electron chi connectivity index (χ0n) is 16.7. The Bertz CT molecular complexity index is 1350. The Morgan fingerprint density at radius 3 is 1.96 bits per heavy atom. The summed E-state index contributed by atoms with van der Waals surface area (Å²) in [4.78, 5) is 0. The Morgan fingerprint density at radius 2 is 1.32 bits per heavy atom. The molecule has 3 heteroatoms. The van der Waals surface area contributed by atoms with Crippen LogP contribution in [0.4, 0.5) is 0 Å². The molecule has 0 radical (unpaired) electrons. The highest BCUT2D eigenvalue weighted by Gasteiger charge is 2.23. The van der Waals surface area contributed by atoms with Gasteiger partial charge in [-0.05, 0) is 46.5 Å². The molecule has 3 aromatic carbocycles. The Hall–Kier alpha value is -2.26. The number of aryl methyl sites for hydroxylation is 3. The van der Waals surface area contributed by atoms with Crippen LogP contribution in [0.25, 0.3) is 43.6 Å². The van der Waals surface area contributed by atoms with Gasteiger partial charge in [0.05, 0.1) is 15.5 Å². The largest absolute Gasteiger partial charge is 0.343 e. The van der Waals surface area contributed by atoms with Gasteiger partial charge in [-0.1, -0.05) is 56.2 Å². The van der Waals surface area contributed by atoms with Crippen molar-refractivity contribution < 1.29 is 0 Å². The van der Waals surface area contributed by atoms with Gasteiger partial charge in [-0.3, -0.25) is 0 Å². The number of hydrogen-bond acceptors (Lipinski definition) is 0. The molecule has 0 aliphatic carbocycles. The first-order valence-corrected chi connectivity index (χ1v) is 11.0. The number of hydrogen-bond donors (Lipinski definition) is 0. The first-order valence-electron chi connectivity index (χ1n) is 10.2. The van der Waals surface area contributed by atoms with Crippen LogP contribution in [0.15, 0.2) is 53.0 Å². The fourth-order valence-corrected chi connectivity index (χ4v) is 5.82. The summed E-state index contributed by atoms with van der Waals surface area (Å²) in [6, 6.07) is 17.6. The summed E-state index contributed by atoms with van der Waals surface area (Å²) < 4.78 is 5.98. The van der Waals surface area contributed by atoms with Gasteiger partial charge in [0.25, 0.3) is 0 Å². The lowest BCUT2D eigenvalue weighted by atomic mass is 9.97. The van der Waals surface area contributed by atoms with Crippen molar-refractivity contribution in [1.29, 1.82) is 0 Å². The van der Waals surface area contributed by atoms with E-state index in [1.54, 1.807) is 0 Å². The summed E-state index contributed by atoms with van der Waals surface area (Å²) in [7, 11) is 4.42. The van der Waals surface area contributed by atoms with Gasteiger partial charge in [0, 0.05) is 46.7 Å². The van der Waals surface area contributed by atoms with Crippen LogP contribution >= 0.6 is 15.9 Å². The maximum atomic E-state index is 4.03. The van der Waals surface area contributed by atoms with Crippen molar-refractivity contribution in [2.45, 2.75) is 32.6 Å². The second-order valence-corrected chi connectivity index (χ2v) is 8.64. The minimum absolute atomic E-state index is 1.12. The molecule has 5 rings (SSSR count). The Balaban J connectivity index is 2.05. The van der Waals surface area contributed by atoms with Crippen LogP contribution in [0.5, 0.6) is 0 Å². The number of para-hydroxylation sites is 2. The summed E-state index contributed by atoms with van der Waals surface area (Å²) in [5.41, 5.74) is 6.80. The third-order valence-corrected chi connectivity index (χ3v) is 7.03. The predicted molar refractivity (Wildman–Crippen MR) is 125 cm³/mol. The molecule has 0 aliphatic heterocycles. The lowest BCUT2D eigenvalue weighted by Gasteiger charge is -2.12. The van der Waals surface area contributed by atoms with Crippen LogP contribution in [0.3, 0.4) is 0 Å². The molecule has 0 bridgehead atoms. The Morgan fingerprint density at radius 1 is 0.750 bits per heavy atom. The number of rotatable bonds is 4. The van der Waals surface area contributed by atoms with E-state index in [4.69, 9.17) is 0 Å². The van der Waals surface area contributed by atoms with E-state index in [9.17, 15) is 0 Å². The molecule has 0 saturated carbocycles. The fourth-order valence-electron chi connectivity index (χ4n) is 4.96. The molecule has 0 saturated heterocycles. The molecule has 5 aromatic rings. The zero-order valence-corrected chi connectivity index (χ0v) is 18.3. The summed E-state index contributed by atoms with van der Waals surface area (Å²) in [6.45, 7) is 2.28. The van der Waals surface area contributed by atoms with Gasteiger partial charge >= 0.3 is 0 Å². The van der Waals surface area contributed by atoms with Gasteiger partial charge in [0.1, 0.15) is 0 Å². The molecule has 2 nitrogen and oxygen atoms in total. The van der Waals surface area contributed by atoms with Crippen molar-refractivity contribution in [2.75, 3.05) is 0 Å². The molecule has 2 heterocycles. The normalized spacial score (nSPS) is 12.1. The SMILES string of the molecule is CCCCCc1c2c3ccccc3n(C)c2c(Br)c2c3ccccc3n(C)c12. The van der Waals surface area contributed by atoms with Crippen LogP contribution < -0.4 is 0 Å². The molecule has 0 atom stereocenters. The highest BCUT2D eigenvalue weighted by Crippen LogP contribution is 2.45. The minimum Gasteiger partial charge on any atom is -0.343 e. The van der Waals surface area contributed by atoms with E-state index in [2.05, 4.69) is 94.6 Å². The Labute approximate surface area is 173 Å². The Kier molecular flexibility index (Phi) is 4.24. The van der Waals surface area contributed by atoms with Crippen LogP contribution in [0.1, 0.15) is 31.7 Å². The number of unbranched alkanes of at least 4 members (excludes halogenated alkanes) is 2. The molecular weight excluding hydrogens is 408 g/mol. The van der Waals surface area contributed by atoms with Crippen molar-refractivity contribution in [3.63, 3.8) is 0 Å². The molecular formula is C25H25BrN2. The lowest BCUT2D eigenvalue weighted by molar-refractivity contribution is 0.720. The molecule has 0 spiro atoms. The van der Waals surface area contributed by atoms with Gasteiger partial charge in [-0.25, -0.2) is 0 Å². The van der Waals surface area contributed by atoms with Crippen LogP contribution in [-0.2, 0) is 20.5 Å². The lowest BCUT2D eigenvalue weighted by Crippen LogP contribution is -1.97. The molecule has 2 aromatic heterocycles. The molecule has 0 unspecified atom stereocenters. The van der Waals surface area contributed by atoms with E-state index in [1.165, 1.54) is 72.9 Å². The van der Waals surface area contributed by atoms with Crippen molar-refractivity contribution in [1.82, 2.24) is 9.13 Å². The van der Waals surface area contributed by atoms with E-state index in [0.717, 1.165) is 6.42 Å². The number of fused-ring (bicyclic) bond motifs is 6. The van der Waals surface area contributed by atoms with Crippen LogP contribution in [-0.4, -0.2) is 9.13 Å². The fraction of sp³-hybridized carbons (Fsp3) is 0.280. The summed E-state index contributed by atoms with van der Waals surface area (Å²) >= 11 is 4.03. The molecule has 0 N–H and O–H groups in total. The third kappa shape index (κ3) is 2.32. The second-order valence-electron chi connectivity index (χ2n) is 7.85. The van der Waals surface area contributed by atoms with E-state index in [-0.39, 0.29) is 0 Å². The average molecular weight is 433 g/mol. The molecule has 0 fully saturated rings. The summed E-state index contributed by atoms with van der Waals surface area (Å²) in [5, 5.41) is 5.46. The topological polar surface area (TPSA) is 9.86 Å². The van der Waals surface area contributed by atoms with E-state index >= 15 is 0 Å². The van der Waals surface area contributed by atoms with E-state index < -0.39 is 0 Å². The molecule has 142 valence electrons. The number of nitrogens with zero attached hydrogens (tertiary/aromatic N) is 2. The second kappa shape index (κ2) is 6.66. The van der Waals surface area contributed by atoms with Crippen molar-refractivity contribution >= 4 is 59.5 Å². The maximum absolute atomic E-state index is 4.03. The van der Waals surface area contributed by atoms with Gasteiger partial charge in [-0.15, -0.1) is 0 Å². The van der Waals surface area contributed by atoms with Gasteiger partial charge in [0.15, 0.2) is 0 Å². The van der Waals surface area contributed by atoms with Gasteiger partial charge in [0.2, 0.25) is 0 Å². The number of halogens is 1. The van der Waals surface area contributed by atoms with E-state index in [1.807, 2.05) is 0 Å². The average Bonchev–Trinajstić information content (AvgIpc) is 3.19. The molecule has 0 amide bonds. The quantitative estimate of drug-likeness (QED) is 0.260. The number of benzene rings is 3. The molecule has 0 aliphatic rings. The van der Waals surface area contributed by atoms with Gasteiger partial charge < -0.3 is 9.13 Å². The minimum atomic E-state index is 1.12. The van der Waals surface area contributed by atoms with Crippen LogP contribution in [0, 0.1) is 0 Å². The maximum Gasteiger partial charge on any atom is 0.0643 e. The standard InChI is InChI=1S/C25H25BrN2/c1-4-5-6-13-18-21-16-11-7-9-14-19(16)28(3)25(21)23(26)22-17-12-8-10-15-20(17)27(2)24(18)22/h7-12,14-15H,4-6,13H2,1-3H3. The smallest absolute Gasteiger partial charge is 0.0643 e. The molecule has 28 heavy (non-hydrogen) atoms. The van der Waals surface area contributed by atoms with Crippen molar-refractivity contribution in [3.05, 3.63) is 58.6 Å². The zero-order chi connectivity index (χ0) is 19.4. The summed E-state index contributed by atoms with van der Waals surface area (Å²) in [6.07, 6.45) is 4.86. The predicted octanol–water partition coefficient (Wildman–Crippen LogP) is 7.47. The summed E-state index contributed by atoms with van der Waals surface area (Å²) in [5.74, 6) is 0. The van der Waals surface area contributed by atoms with Crippen molar-refractivity contribution in [2.24, 2.45) is 14.1 Å². The number of aromatic nitrogens is 2. The van der Waals surface area contributed by atoms with E-state index in [0.29, 0.717) is 0 Å². The highest BCUT2D eigenvalue weighted by atomic mass is 79.9. The first kappa shape index (κ1) is 17.8. The highest BCUT2D eigenvalue weighted by molar-refractivity contribution is 9.10. The van der Waals surface area contributed by atoms with Gasteiger partial charge in [-0.2, -0.15) is 0 Å². The first-order chi connectivity index (χ1) is 13.6.